The van der Waals surface area contributed by atoms with Crippen LogP contribution in [0.3, 0.4) is 0 Å². The molecule has 1 aromatic heterocycles. The number of rotatable bonds is 1. The molecule has 1 aliphatic rings. The Labute approximate surface area is 128 Å². The molecule has 2 heterocycles. The van der Waals surface area contributed by atoms with Gasteiger partial charge in [0.25, 0.3) is 0 Å². The van der Waals surface area contributed by atoms with Gasteiger partial charge in [-0.25, -0.2) is 9.07 Å². The van der Waals surface area contributed by atoms with Crippen LogP contribution in [0.1, 0.15) is 39.4 Å². The van der Waals surface area contributed by atoms with E-state index in [4.69, 9.17) is 9.31 Å². The summed E-state index contributed by atoms with van der Waals surface area (Å²) in [5.41, 5.74) is -0.0851. The van der Waals surface area contributed by atoms with E-state index in [1.165, 1.54) is 29.9 Å². The van der Waals surface area contributed by atoms with Crippen LogP contribution in [0.2, 0.25) is 0 Å². The molecule has 5 nitrogen and oxygen atoms in total. The summed E-state index contributed by atoms with van der Waals surface area (Å²) in [4.78, 5) is 11.6. The number of hydrogen-bond acceptors (Lipinski definition) is 4. The average molecular weight is 304 g/mol. The van der Waals surface area contributed by atoms with Crippen molar-refractivity contribution in [2.75, 3.05) is 0 Å². The quantitative estimate of drug-likeness (QED) is 0.757. The molecule has 0 unspecified atom stereocenters. The average Bonchev–Trinajstić information content (AvgIpc) is 2.87. The predicted octanol–water partition coefficient (Wildman–Crippen LogP) is 2.13. The Morgan fingerprint density at radius 2 is 1.82 bits per heavy atom. The zero-order valence-electron chi connectivity index (χ0n) is 13.3. The largest absolute Gasteiger partial charge is 0.495 e. The Balaban J connectivity index is 2.15. The molecule has 0 aliphatic carbocycles. The molecule has 1 saturated heterocycles. The van der Waals surface area contributed by atoms with Gasteiger partial charge in [0.15, 0.2) is 0 Å². The number of carbonyl (C=O) groups excluding carboxylic acids is 1. The number of fused-ring (bicyclic) bond motifs is 1. The Bertz CT molecular complexity index is 753. The monoisotopic (exact) mass is 304 g/mol. The summed E-state index contributed by atoms with van der Waals surface area (Å²) < 4.78 is 27.1. The molecule has 7 heteroatoms. The summed E-state index contributed by atoms with van der Waals surface area (Å²) in [6.07, 6.45) is 1.54. The van der Waals surface area contributed by atoms with Crippen LogP contribution >= 0.6 is 0 Å². The molecular weight excluding hydrogens is 286 g/mol. The highest BCUT2D eigenvalue weighted by Gasteiger charge is 2.52. The first-order chi connectivity index (χ1) is 10.1. The van der Waals surface area contributed by atoms with Crippen LogP contribution in [0.4, 0.5) is 4.39 Å². The van der Waals surface area contributed by atoms with Crippen molar-refractivity contribution in [1.29, 1.82) is 0 Å². The molecule has 0 N–H and O–H groups in total. The molecule has 0 bridgehead atoms. The third kappa shape index (κ3) is 2.16. The molecule has 3 rings (SSSR count). The van der Waals surface area contributed by atoms with Crippen molar-refractivity contribution in [3.05, 3.63) is 24.1 Å². The Morgan fingerprint density at radius 1 is 1.23 bits per heavy atom. The van der Waals surface area contributed by atoms with Crippen LogP contribution in [-0.4, -0.2) is 34.0 Å². The second kappa shape index (κ2) is 4.63. The third-order valence-corrected chi connectivity index (χ3v) is 4.49. The molecule has 0 atom stereocenters. The summed E-state index contributed by atoms with van der Waals surface area (Å²) in [7, 11) is -0.701. The van der Waals surface area contributed by atoms with Gasteiger partial charge in [0.2, 0.25) is 5.91 Å². The molecule has 1 fully saturated rings. The van der Waals surface area contributed by atoms with Crippen LogP contribution in [0.25, 0.3) is 10.9 Å². The van der Waals surface area contributed by atoms with E-state index in [0.29, 0.717) is 16.4 Å². The van der Waals surface area contributed by atoms with Crippen LogP contribution in [0.5, 0.6) is 0 Å². The maximum Gasteiger partial charge on any atom is 0.495 e. The highest BCUT2D eigenvalue weighted by atomic mass is 19.1. The number of benzene rings is 1. The van der Waals surface area contributed by atoms with Gasteiger partial charge >= 0.3 is 7.12 Å². The molecular formula is C15H18BFN2O3. The summed E-state index contributed by atoms with van der Waals surface area (Å²) >= 11 is 0. The molecule has 22 heavy (non-hydrogen) atoms. The van der Waals surface area contributed by atoms with Gasteiger partial charge in [-0.3, -0.25) is 4.79 Å². The maximum absolute atomic E-state index is 14.0. The molecule has 2 aromatic rings. The SMILES string of the molecule is CC(=O)n1ncc2c(B3OC(C)(C)C(C)(C)O3)cc(F)cc21. The van der Waals surface area contributed by atoms with E-state index in [1.54, 1.807) is 0 Å². The maximum atomic E-state index is 14.0. The Kier molecular flexibility index (Phi) is 3.20. The van der Waals surface area contributed by atoms with Gasteiger partial charge in [-0.15, -0.1) is 0 Å². The zero-order valence-corrected chi connectivity index (χ0v) is 13.3. The second-order valence-corrected chi connectivity index (χ2v) is 6.59. The van der Waals surface area contributed by atoms with Gasteiger partial charge in [-0.2, -0.15) is 5.10 Å². The topological polar surface area (TPSA) is 53.4 Å². The Hall–Kier alpha value is -1.73. The lowest BCUT2D eigenvalue weighted by atomic mass is 9.77. The standard InChI is InChI=1S/C15H18BFN2O3/c1-9(20)19-13-7-10(17)6-12(11(13)8-18-19)16-21-14(2,3)15(4,5)22-16/h6-8H,1-5H3. The zero-order chi connectivity index (χ0) is 16.3. The lowest BCUT2D eigenvalue weighted by Gasteiger charge is -2.32. The summed E-state index contributed by atoms with van der Waals surface area (Å²) in [5.74, 6) is -0.735. The van der Waals surface area contributed by atoms with Crippen molar-refractivity contribution in [3.63, 3.8) is 0 Å². The summed E-state index contributed by atoms with van der Waals surface area (Å²) in [6.45, 7) is 9.11. The van der Waals surface area contributed by atoms with Crippen molar-refractivity contribution in [1.82, 2.24) is 9.78 Å². The van der Waals surface area contributed by atoms with Gasteiger partial charge < -0.3 is 9.31 Å². The fourth-order valence-corrected chi connectivity index (χ4v) is 2.53. The van der Waals surface area contributed by atoms with E-state index in [9.17, 15) is 9.18 Å². The fraction of sp³-hybridized carbons (Fsp3) is 0.467. The van der Waals surface area contributed by atoms with Gasteiger partial charge in [0, 0.05) is 18.4 Å². The first-order valence-electron chi connectivity index (χ1n) is 7.16. The van der Waals surface area contributed by atoms with E-state index in [2.05, 4.69) is 5.10 Å². The highest BCUT2D eigenvalue weighted by Crippen LogP contribution is 2.37. The highest BCUT2D eigenvalue weighted by molar-refractivity contribution is 6.65. The number of carbonyl (C=O) groups is 1. The third-order valence-electron chi connectivity index (χ3n) is 4.49. The molecule has 1 aliphatic heterocycles. The number of hydrogen-bond donors (Lipinski definition) is 0. The normalized spacial score (nSPS) is 19.8. The number of nitrogens with zero attached hydrogens (tertiary/aromatic N) is 2. The lowest BCUT2D eigenvalue weighted by Crippen LogP contribution is -2.41. The minimum absolute atomic E-state index is 0.277. The van der Waals surface area contributed by atoms with Crippen molar-refractivity contribution < 1.29 is 18.5 Å². The first kappa shape index (κ1) is 15.2. The molecule has 1 aromatic carbocycles. The van der Waals surface area contributed by atoms with Gasteiger partial charge in [-0.1, -0.05) is 0 Å². The summed E-state index contributed by atoms with van der Waals surface area (Å²) in [6, 6.07) is 2.66. The molecule has 0 amide bonds. The van der Waals surface area contributed by atoms with Gasteiger partial charge in [-0.05, 0) is 39.2 Å². The molecule has 0 spiro atoms. The van der Waals surface area contributed by atoms with Crippen LogP contribution < -0.4 is 5.46 Å². The smallest absolute Gasteiger partial charge is 0.399 e. The van der Waals surface area contributed by atoms with E-state index in [0.717, 1.165) is 0 Å². The van der Waals surface area contributed by atoms with Gasteiger partial charge in [0.05, 0.1) is 22.9 Å². The molecule has 0 saturated carbocycles. The lowest BCUT2D eigenvalue weighted by molar-refractivity contribution is 0.00578. The van der Waals surface area contributed by atoms with E-state index in [-0.39, 0.29) is 5.91 Å². The minimum atomic E-state index is -0.701. The van der Waals surface area contributed by atoms with E-state index < -0.39 is 24.1 Å². The summed E-state index contributed by atoms with van der Waals surface area (Å²) in [5, 5.41) is 4.68. The Morgan fingerprint density at radius 3 is 2.36 bits per heavy atom. The van der Waals surface area contributed by atoms with Crippen molar-refractivity contribution in [2.24, 2.45) is 0 Å². The van der Waals surface area contributed by atoms with E-state index in [1.807, 2.05) is 27.7 Å². The van der Waals surface area contributed by atoms with E-state index >= 15 is 0 Å². The first-order valence-corrected chi connectivity index (χ1v) is 7.16. The van der Waals surface area contributed by atoms with Crippen molar-refractivity contribution in [3.8, 4) is 0 Å². The number of aromatic nitrogens is 2. The second-order valence-electron chi connectivity index (χ2n) is 6.59. The van der Waals surface area contributed by atoms with Crippen LogP contribution in [0.15, 0.2) is 18.3 Å². The van der Waals surface area contributed by atoms with Gasteiger partial charge in [0.1, 0.15) is 5.82 Å². The van der Waals surface area contributed by atoms with Crippen LogP contribution in [0, 0.1) is 5.82 Å². The molecule has 0 radical (unpaired) electrons. The predicted molar refractivity (Wildman–Crippen MR) is 81.7 cm³/mol. The fourth-order valence-electron chi connectivity index (χ4n) is 2.53. The molecule has 116 valence electrons. The minimum Gasteiger partial charge on any atom is -0.399 e. The van der Waals surface area contributed by atoms with Crippen molar-refractivity contribution >= 4 is 29.4 Å². The van der Waals surface area contributed by atoms with Crippen LogP contribution in [-0.2, 0) is 9.31 Å². The van der Waals surface area contributed by atoms with Crippen molar-refractivity contribution in [2.45, 2.75) is 45.8 Å². The number of halogens is 1.